The highest BCUT2D eigenvalue weighted by molar-refractivity contribution is 5.29. The van der Waals surface area contributed by atoms with E-state index in [1.54, 1.807) is 0 Å². The second kappa shape index (κ2) is 6.58. The van der Waals surface area contributed by atoms with Crippen LogP contribution in [0.25, 0.3) is 0 Å². The Morgan fingerprint density at radius 2 is 1.45 bits per heavy atom. The molecule has 0 heterocycles. The third-order valence-corrected chi connectivity index (χ3v) is 3.48. The third-order valence-electron chi connectivity index (χ3n) is 3.48. The van der Waals surface area contributed by atoms with Gasteiger partial charge in [-0.05, 0) is 36.1 Å². The summed E-state index contributed by atoms with van der Waals surface area (Å²) in [4.78, 5) is 0. The van der Waals surface area contributed by atoms with Crippen LogP contribution in [0.2, 0.25) is 0 Å². The first-order chi connectivity index (χ1) is 9.56. The van der Waals surface area contributed by atoms with Gasteiger partial charge in [-0.2, -0.15) is 0 Å². The van der Waals surface area contributed by atoms with Gasteiger partial charge in [0.05, 0.1) is 6.04 Å². The zero-order valence-electron chi connectivity index (χ0n) is 12.5. The van der Waals surface area contributed by atoms with Crippen LogP contribution in [0.4, 0.5) is 0 Å². The molecule has 1 atom stereocenters. The number of nitrogens with two attached hydrogens (primary N) is 1. The number of ether oxygens (including phenoxy) is 1. The minimum Gasteiger partial charge on any atom is -0.492 e. The summed E-state index contributed by atoms with van der Waals surface area (Å²) in [6.45, 7) is 6.93. The molecule has 0 saturated heterocycles. The van der Waals surface area contributed by atoms with Crippen molar-refractivity contribution in [3.8, 4) is 5.75 Å². The average Bonchev–Trinajstić information content (AvgIpc) is 2.46. The van der Waals surface area contributed by atoms with Crippen LogP contribution < -0.4 is 10.5 Å². The molecule has 0 bridgehead atoms. The van der Waals surface area contributed by atoms with E-state index in [-0.39, 0.29) is 6.04 Å². The van der Waals surface area contributed by atoms with Crippen molar-refractivity contribution in [3.63, 3.8) is 0 Å². The molecule has 0 spiro atoms. The summed E-state index contributed by atoms with van der Waals surface area (Å²) in [5.41, 5.74) is 9.81. The molecule has 2 aromatic rings. The maximum absolute atomic E-state index is 6.15. The van der Waals surface area contributed by atoms with Crippen molar-refractivity contribution in [2.75, 3.05) is 6.61 Å². The first kappa shape index (κ1) is 14.6. The van der Waals surface area contributed by atoms with E-state index in [0.29, 0.717) is 12.5 Å². The molecule has 2 aromatic carbocycles. The molecule has 2 heteroatoms. The van der Waals surface area contributed by atoms with Crippen molar-refractivity contribution in [1.82, 2.24) is 0 Å². The van der Waals surface area contributed by atoms with Gasteiger partial charge in [0.1, 0.15) is 12.4 Å². The Kier molecular flexibility index (Phi) is 4.80. The van der Waals surface area contributed by atoms with Crippen LogP contribution in [0.3, 0.4) is 0 Å². The Hall–Kier alpha value is -1.80. The molecular formula is C18H23NO. The fourth-order valence-electron chi connectivity index (χ4n) is 2.04. The van der Waals surface area contributed by atoms with Crippen molar-refractivity contribution in [3.05, 3.63) is 65.2 Å². The van der Waals surface area contributed by atoms with Gasteiger partial charge in [-0.3, -0.25) is 0 Å². The standard InChI is InChI=1S/C18H23NO/c1-13(2)15-8-10-17(11-9-15)20-12-18(19)16-6-4-14(3)5-7-16/h4-11,13,18H,12,19H2,1-3H3. The zero-order valence-corrected chi connectivity index (χ0v) is 12.5. The SMILES string of the molecule is Cc1ccc(C(N)COc2ccc(C(C)C)cc2)cc1. The monoisotopic (exact) mass is 269 g/mol. The quantitative estimate of drug-likeness (QED) is 0.883. The number of hydrogen-bond donors (Lipinski definition) is 1. The van der Waals surface area contributed by atoms with Crippen LogP contribution >= 0.6 is 0 Å². The predicted octanol–water partition coefficient (Wildman–Crippen LogP) is 4.20. The summed E-state index contributed by atoms with van der Waals surface area (Å²) >= 11 is 0. The van der Waals surface area contributed by atoms with Gasteiger partial charge in [0.15, 0.2) is 0 Å². The van der Waals surface area contributed by atoms with E-state index in [1.807, 2.05) is 12.1 Å². The van der Waals surface area contributed by atoms with E-state index in [1.165, 1.54) is 11.1 Å². The van der Waals surface area contributed by atoms with Crippen LogP contribution in [0.5, 0.6) is 5.75 Å². The van der Waals surface area contributed by atoms with Crippen molar-refractivity contribution < 1.29 is 4.74 Å². The fourth-order valence-corrected chi connectivity index (χ4v) is 2.04. The molecular weight excluding hydrogens is 246 g/mol. The first-order valence-corrected chi connectivity index (χ1v) is 7.11. The van der Waals surface area contributed by atoms with Gasteiger partial charge in [-0.15, -0.1) is 0 Å². The highest BCUT2D eigenvalue weighted by Crippen LogP contribution is 2.20. The van der Waals surface area contributed by atoms with E-state index < -0.39 is 0 Å². The zero-order chi connectivity index (χ0) is 14.5. The van der Waals surface area contributed by atoms with Gasteiger partial charge >= 0.3 is 0 Å². The Labute approximate surface area is 121 Å². The summed E-state index contributed by atoms with van der Waals surface area (Å²) in [5.74, 6) is 1.41. The van der Waals surface area contributed by atoms with Crippen LogP contribution in [0.1, 0.15) is 42.5 Å². The lowest BCUT2D eigenvalue weighted by Gasteiger charge is -2.14. The van der Waals surface area contributed by atoms with E-state index in [0.717, 1.165) is 11.3 Å². The maximum Gasteiger partial charge on any atom is 0.119 e. The summed E-state index contributed by atoms with van der Waals surface area (Å²) in [5, 5.41) is 0. The van der Waals surface area contributed by atoms with Gasteiger partial charge in [0.2, 0.25) is 0 Å². The number of rotatable bonds is 5. The van der Waals surface area contributed by atoms with Gasteiger partial charge in [0, 0.05) is 0 Å². The van der Waals surface area contributed by atoms with E-state index in [4.69, 9.17) is 10.5 Å². The van der Waals surface area contributed by atoms with Crippen molar-refractivity contribution in [2.24, 2.45) is 5.73 Å². The molecule has 106 valence electrons. The Morgan fingerprint density at radius 3 is 2.00 bits per heavy atom. The minimum absolute atomic E-state index is 0.0969. The number of benzene rings is 2. The molecule has 0 aliphatic heterocycles. The van der Waals surface area contributed by atoms with Crippen LogP contribution in [0.15, 0.2) is 48.5 Å². The van der Waals surface area contributed by atoms with Crippen LogP contribution in [0, 0.1) is 6.92 Å². The lowest BCUT2D eigenvalue weighted by molar-refractivity contribution is 0.290. The molecule has 0 fully saturated rings. The summed E-state index contributed by atoms with van der Waals surface area (Å²) < 4.78 is 5.76. The van der Waals surface area contributed by atoms with Crippen molar-refractivity contribution in [2.45, 2.75) is 32.7 Å². The molecule has 2 rings (SSSR count). The summed E-state index contributed by atoms with van der Waals surface area (Å²) in [7, 11) is 0. The fraction of sp³-hybridized carbons (Fsp3) is 0.333. The molecule has 0 amide bonds. The minimum atomic E-state index is -0.0969. The van der Waals surface area contributed by atoms with Gasteiger partial charge in [-0.25, -0.2) is 0 Å². The average molecular weight is 269 g/mol. The molecule has 1 unspecified atom stereocenters. The smallest absolute Gasteiger partial charge is 0.119 e. The number of hydrogen-bond acceptors (Lipinski definition) is 2. The largest absolute Gasteiger partial charge is 0.492 e. The molecule has 0 saturated carbocycles. The summed E-state index contributed by atoms with van der Waals surface area (Å²) in [6, 6.07) is 16.4. The lowest BCUT2D eigenvalue weighted by Crippen LogP contribution is -2.18. The summed E-state index contributed by atoms with van der Waals surface area (Å²) in [6.07, 6.45) is 0. The first-order valence-electron chi connectivity index (χ1n) is 7.11. The maximum atomic E-state index is 6.15. The second-order valence-electron chi connectivity index (χ2n) is 5.55. The van der Waals surface area contributed by atoms with Crippen molar-refractivity contribution >= 4 is 0 Å². The third kappa shape index (κ3) is 3.84. The molecule has 0 aliphatic carbocycles. The van der Waals surface area contributed by atoms with E-state index >= 15 is 0 Å². The molecule has 2 N–H and O–H groups in total. The lowest BCUT2D eigenvalue weighted by atomic mass is 10.0. The predicted molar refractivity (Wildman–Crippen MR) is 84.1 cm³/mol. The van der Waals surface area contributed by atoms with Crippen molar-refractivity contribution in [1.29, 1.82) is 0 Å². The molecule has 20 heavy (non-hydrogen) atoms. The highest BCUT2D eigenvalue weighted by Gasteiger charge is 2.07. The molecule has 0 aliphatic rings. The van der Waals surface area contributed by atoms with E-state index in [2.05, 4.69) is 57.2 Å². The van der Waals surface area contributed by atoms with E-state index in [9.17, 15) is 0 Å². The molecule has 0 radical (unpaired) electrons. The Balaban J connectivity index is 1.92. The highest BCUT2D eigenvalue weighted by atomic mass is 16.5. The second-order valence-corrected chi connectivity index (χ2v) is 5.55. The van der Waals surface area contributed by atoms with Gasteiger partial charge < -0.3 is 10.5 Å². The number of aryl methyl sites for hydroxylation is 1. The van der Waals surface area contributed by atoms with Crippen LogP contribution in [-0.2, 0) is 0 Å². The van der Waals surface area contributed by atoms with Gasteiger partial charge in [-0.1, -0.05) is 55.8 Å². The normalized spacial score (nSPS) is 12.4. The molecule has 2 nitrogen and oxygen atoms in total. The van der Waals surface area contributed by atoms with Gasteiger partial charge in [0.25, 0.3) is 0 Å². The Morgan fingerprint density at radius 1 is 0.900 bits per heavy atom. The molecule has 0 aromatic heterocycles. The Bertz CT molecular complexity index is 528. The topological polar surface area (TPSA) is 35.2 Å². The van der Waals surface area contributed by atoms with Crippen LogP contribution in [-0.4, -0.2) is 6.61 Å².